The lowest BCUT2D eigenvalue weighted by atomic mass is 9.66. The van der Waals surface area contributed by atoms with Crippen molar-refractivity contribution in [1.82, 2.24) is 0 Å². The van der Waals surface area contributed by atoms with Gasteiger partial charge in [-0.25, -0.2) is 0 Å². The molecule has 0 rings (SSSR count). The van der Waals surface area contributed by atoms with E-state index in [4.69, 9.17) is 0 Å². The van der Waals surface area contributed by atoms with Crippen molar-refractivity contribution in [3.8, 4) is 0 Å². The molecule has 23 heavy (non-hydrogen) atoms. The second-order valence-electron chi connectivity index (χ2n) is 8.73. The van der Waals surface area contributed by atoms with E-state index in [-0.39, 0.29) is 0 Å². The zero-order valence-electron chi connectivity index (χ0n) is 18.0. The van der Waals surface area contributed by atoms with Crippen LogP contribution in [-0.4, -0.2) is 0 Å². The Kier molecular flexibility index (Phi) is 11.5. The molecule has 0 aromatic heterocycles. The van der Waals surface area contributed by atoms with Crippen LogP contribution in [0, 0.1) is 35.0 Å². The summed E-state index contributed by atoms with van der Waals surface area (Å²) in [5, 5.41) is 0. The van der Waals surface area contributed by atoms with Gasteiger partial charge in [0.15, 0.2) is 0 Å². The van der Waals surface area contributed by atoms with Gasteiger partial charge in [-0.05, 0) is 41.4 Å². The summed E-state index contributed by atoms with van der Waals surface area (Å²) in [5.41, 5.74) is 0.539. The molecule has 0 aliphatic rings. The molecule has 0 radical (unpaired) electrons. The Bertz CT molecular complexity index is 278. The molecule has 0 bridgehead atoms. The van der Waals surface area contributed by atoms with Crippen molar-refractivity contribution in [1.29, 1.82) is 0 Å². The Morgan fingerprint density at radius 1 is 0.739 bits per heavy atom. The topological polar surface area (TPSA) is 0 Å². The van der Waals surface area contributed by atoms with Crippen LogP contribution in [0.2, 0.25) is 0 Å². The van der Waals surface area contributed by atoms with Crippen LogP contribution in [0.1, 0.15) is 114 Å². The summed E-state index contributed by atoms with van der Waals surface area (Å²) >= 11 is 0. The van der Waals surface area contributed by atoms with E-state index >= 15 is 0 Å². The lowest BCUT2D eigenvalue weighted by molar-refractivity contribution is 0.108. The first-order valence-electron chi connectivity index (χ1n) is 10.8. The summed E-state index contributed by atoms with van der Waals surface area (Å²) < 4.78 is 0. The molecular weight excluding hydrogens is 276 g/mol. The van der Waals surface area contributed by atoms with Crippen LogP contribution in [0.4, 0.5) is 0 Å². The van der Waals surface area contributed by atoms with Gasteiger partial charge in [0.1, 0.15) is 0 Å². The molecule has 0 heterocycles. The van der Waals surface area contributed by atoms with E-state index < -0.39 is 0 Å². The SMILES string of the molecule is CCCC(C)(CC)C(C)C(C)CCC(C)C(CC)C(CC)CC. The van der Waals surface area contributed by atoms with Crippen molar-refractivity contribution < 1.29 is 0 Å². The third-order valence-electron chi connectivity index (χ3n) is 7.52. The Morgan fingerprint density at radius 3 is 1.65 bits per heavy atom. The summed E-state index contributed by atoms with van der Waals surface area (Å²) in [4.78, 5) is 0. The Morgan fingerprint density at radius 2 is 1.26 bits per heavy atom. The van der Waals surface area contributed by atoms with Crippen molar-refractivity contribution in [2.75, 3.05) is 0 Å². The molecule has 140 valence electrons. The quantitative estimate of drug-likeness (QED) is 0.319. The van der Waals surface area contributed by atoms with Gasteiger partial charge in [0.25, 0.3) is 0 Å². The fraction of sp³-hybridized carbons (Fsp3) is 1.00. The molecule has 0 amide bonds. The first-order valence-corrected chi connectivity index (χ1v) is 10.8. The van der Waals surface area contributed by atoms with Crippen LogP contribution in [-0.2, 0) is 0 Å². The predicted octanol–water partition coefficient (Wildman–Crippen LogP) is 8.35. The van der Waals surface area contributed by atoms with E-state index in [9.17, 15) is 0 Å². The molecule has 0 spiro atoms. The minimum absolute atomic E-state index is 0.539. The lowest BCUT2D eigenvalue weighted by Crippen LogP contribution is -2.30. The highest BCUT2D eigenvalue weighted by atomic mass is 14.4. The van der Waals surface area contributed by atoms with Crippen molar-refractivity contribution in [3.05, 3.63) is 0 Å². The highest BCUT2D eigenvalue weighted by Gasteiger charge is 2.32. The van der Waals surface area contributed by atoms with Crippen LogP contribution in [0.5, 0.6) is 0 Å². The molecule has 0 nitrogen and oxygen atoms in total. The molecular formula is C23H48. The van der Waals surface area contributed by atoms with E-state index in [2.05, 4.69) is 62.3 Å². The first-order chi connectivity index (χ1) is 10.8. The van der Waals surface area contributed by atoms with Crippen LogP contribution in [0.25, 0.3) is 0 Å². The summed E-state index contributed by atoms with van der Waals surface area (Å²) in [6.07, 6.45) is 10.9. The maximum atomic E-state index is 2.53. The van der Waals surface area contributed by atoms with Crippen LogP contribution < -0.4 is 0 Å². The van der Waals surface area contributed by atoms with E-state index in [0.717, 1.165) is 29.6 Å². The third kappa shape index (κ3) is 6.79. The Labute approximate surface area is 149 Å². The fourth-order valence-electron chi connectivity index (χ4n) is 5.07. The minimum Gasteiger partial charge on any atom is -0.0654 e. The maximum Gasteiger partial charge on any atom is -0.0300 e. The normalized spacial score (nSPS) is 20.1. The van der Waals surface area contributed by atoms with E-state index in [1.165, 1.54) is 51.4 Å². The molecule has 5 unspecified atom stereocenters. The monoisotopic (exact) mass is 324 g/mol. The largest absolute Gasteiger partial charge is 0.0654 e. The summed E-state index contributed by atoms with van der Waals surface area (Å²) in [6, 6.07) is 0. The second kappa shape index (κ2) is 11.5. The number of rotatable bonds is 13. The van der Waals surface area contributed by atoms with Gasteiger partial charge >= 0.3 is 0 Å². The fourth-order valence-corrected chi connectivity index (χ4v) is 5.07. The number of hydrogen-bond donors (Lipinski definition) is 0. The van der Waals surface area contributed by atoms with Crippen molar-refractivity contribution in [2.24, 2.45) is 35.0 Å². The minimum atomic E-state index is 0.539. The summed E-state index contributed by atoms with van der Waals surface area (Å²) in [5.74, 6) is 4.45. The predicted molar refractivity (Wildman–Crippen MR) is 108 cm³/mol. The van der Waals surface area contributed by atoms with Crippen molar-refractivity contribution in [2.45, 2.75) is 114 Å². The summed E-state index contributed by atoms with van der Waals surface area (Å²) in [7, 11) is 0. The molecule has 0 fully saturated rings. The number of hydrogen-bond acceptors (Lipinski definition) is 0. The third-order valence-corrected chi connectivity index (χ3v) is 7.52. The zero-order chi connectivity index (χ0) is 18.0. The van der Waals surface area contributed by atoms with Gasteiger partial charge in [0.05, 0.1) is 0 Å². The Balaban J connectivity index is 4.63. The molecule has 0 aliphatic carbocycles. The van der Waals surface area contributed by atoms with Gasteiger partial charge < -0.3 is 0 Å². The average molecular weight is 325 g/mol. The molecule has 0 aliphatic heterocycles. The molecule has 0 heteroatoms. The van der Waals surface area contributed by atoms with Gasteiger partial charge in [0, 0.05) is 0 Å². The van der Waals surface area contributed by atoms with E-state index in [1.807, 2.05) is 0 Å². The average Bonchev–Trinajstić information content (AvgIpc) is 2.56. The van der Waals surface area contributed by atoms with E-state index in [1.54, 1.807) is 0 Å². The van der Waals surface area contributed by atoms with Crippen LogP contribution in [0.3, 0.4) is 0 Å². The van der Waals surface area contributed by atoms with Gasteiger partial charge in [0.2, 0.25) is 0 Å². The van der Waals surface area contributed by atoms with Crippen LogP contribution >= 0.6 is 0 Å². The smallest absolute Gasteiger partial charge is 0.0300 e. The van der Waals surface area contributed by atoms with E-state index in [0.29, 0.717) is 5.41 Å². The molecule has 0 saturated heterocycles. The van der Waals surface area contributed by atoms with Crippen molar-refractivity contribution >= 4 is 0 Å². The highest BCUT2D eigenvalue weighted by Crippen LogP contribution is 2.42. The van der Waals surface area contributed by atoms with Gasteiger partial charge in [-0.1, -0.05) is 107 Å². The first kappa shape index (κ1) is 23.0. The lowest BCUT2D eigenvalue weighted by Gasteiger charge is -2.39. The molecule has 0 saturated carbocycles. The molecule has 0 aromatic rings. The maximum absolute atomic E-state index is 2.53. The van der Waals surface area contributed by atoms with Gasteiger partial charge in [-0.15, -0.1) is 0 Å². The molecule has 0 N–H and O–H groups in total. The second-order valence-corrected chi connectivity index (χ2v) is 8.73. The molecule has 0 aromatic carbocycles. The van der Waals surface area contributed by atoms with Gasteiger partial charge in [-0.2, -0.15) is 0 Å². The van der Waals surface area contributed by atoms with Crippen molar-refractivity contribution in [3.63, 3.8) is 0 Å². The highest BCUT2D eigenvalue weighted by molar-refractivity contribution is 4.82. The van der Waals surface area contributed by atoms with Gasteiger partial charge in [-0.3, -0.25) is 0 Å². The zero-order valence-corrected chi connectivity index (χ0v) is 18.0. The summed E-state index contributed by atoms with van der Waals surface area (Å²) in [6.45, 7) is 22.0. The van der Waals surface area contributed by atoms with Crippen LogP contribution in [0.15, 0.2) is 0 Å². The molecule has 5 atom stereocenters. The Hall–Kier alpha value is 0. The standard InChI is InChI=1S/C23H48/c1-10-17-23(9,14-5)20(8)18(6)15-16-19(7)22(13-4)21(11-2)12-3/h18-22H,10-17H2,1-9H3.